The maximum Gasteiger partial charge on any atom is 0.138 e. The molecule has 1 N–H and O–H groups in total. The summed E-state index contributed by atoms with van der Waals surface area (Å²) in [5.74, 6) is 1.58. The molecule has 0 spiro atoms. The number of hydrogen-bond acceptors (Lipinski definition) is 5. The number of aryl methyl sites for hydroxylation is 1. The molecule has 2 saturated heterocycles. The Morgan fingerprint density at radius 2 is 1.64 bits per heavy atom. The Balaban J connectivity index is 1.18. The van der Waals surface area contributed by atoms with Crippen LogP contribution in [0.25, 0.3) is 0 Å². The van der Waals surface area contributed by atoms with Crippen LogP contribution in [0.3, 0.4) is 0 Å². The lowest BCUT2D eigenvalue weighted by molar-refractivity contribution is -0.0537. The molecule has 0 aromatic heterocycles. The highest BCUT2D eigenvalue weighted by Gasteiger charge is 2.33. The van der Waals surface area contributed by atoms with Gasteiger partial charge in [-0.15, -0.1) is 0 Å². The Kier molecular flexibility index (Phi) is 8.53. The standard InChI is InChI=1S/C27H37ClN2O3/c1-22-5-10-25(28)26(19-22)33-21-27(31)11-15-30(16-12-27)20-23-6-8-24(9-7-23)32-18-17-29-13-3-2-4-14-29/h5-10,19,31H,2-4,11-18,20-21H2,1H3. The molecule has 6 heteroatoms. The average Bonchev–Trinajstić information content (AvgIpc) is 2.83. The van der Waals surface area contributed by atoms with Gasteiger partial charge in [-0.25, -0.2) is 0 Å². The van der Waals surface area contributed by atoms with Crippen molar-refractivity contribution in [1.29, 1.82) is 0 Å². The van der Waals surface area contributed by atoms with Crippen LogP contribution in [0.4, 0.5) is 0 Å². The maximum absolute atomic E-state index is 11.0. The van der Waals surface area contributed by atoms with E-state index < -0.39 is 5.60 Å². The van der Waals surface area contributed by atoms with Crippen LogP contribution in [0.15, 0.2) is 42.5 Å². The van der Waals surface area contributed by atoms with Crippen LogP contribution in [0.1, 0.15) is 43.2 Å². The summed E-state index contributed by atoms with van der Waals surface area (Å²) < 4.78 is 11.8. The van der Waals surface area contributed by atoms with Gasteiger partial charge in [0.1, 0.15) is 30.3 Å². The largest absolute Gasteiger partial charge is 0.492 e. The monoisotopic (exact) mass is 472 g/mol. The minimum atomic E-state index is -0.810. The number of halogens is 1. The Labute approximate surface area is 203 Å². The first-order valence-corrected chi connectivity index (χ1v) is 12.6. The first kappa shape index (κ1) is 24.3. The molecular weight excluding hydrogens is 436 g/mol. The fourth-order valence-corrected chi connectivity index (χ4v) is 4.80. The molecule has 2 fully saturated rings. The number of rotatable bonds is 9. The highest BCUT2D eigenvalue weighted by Crippen LogP contribution is 2.29. The van der Waals surface area contributed by atoms with Crippen LogP contribution >= 0.6 is 11.6 Å². The smallest absolute Gasteiger partial charge is 0.138 e. The molecule has 0 bridgehead atoms. The summed E-state index contributed by atoms with van der Waals surface area (Å²) >= 11 is 6.22. The Morgan fingerprint density at radius 1 is 0.909 bits per heavy atom. The normalized spacial score (nSPS) is 19.4. The van der Waals surface area contributed by atoms with Gasteiger partial charge in [0, 0.05) is 26.2 Å². The molecule has 0 radical (unpaired) electrons. The van der Waals surface area contributed by atoms with Gasteiger partial charge in [0.2, 0.25) is 0 Å². The number of likely N-dealkylation sites (tertiary alicyclic amines) is 2. The Hall–Kier alpha value is -1.79. The molecule has 0 unspecified atom stereocenters. The van der Waals surface area contributed by atoms with Crippen molar-refractivity contribution in [3.63, 3.8) is 0 Å². The summed E-state index contributed by atoms with van der Waals surface area (Å²) in [7, 11) is 0. The van der Waals surface area contributed by atoms with Gasteiger partial charge in [0.25, 0.3) is 0 Å². The SMILES string of the molecule is Cc1ccc(Cl)c(OCC2(O)CCN(Cc3ccc(OCCN4CCCCC4)cc3)CC2)c1. The van der Waals surface area contributed by atoms with Gasteiger partial charge < -0.3 is 14.6 Å². The van der Waals surface area contributed by atoms with Crippen LogP contribution in [0, 0.1) is 6.92 Å². The molecule has 4 rings (SSSR count). The van der Waals surface area contributed by atoms with E-state index in [1.807, 2.05) is 25.1 Å². The Morgan fingerprint density at radius 3 is 2.36 bits per heavy atom. The summed E-state index contributed by atoms with van der Waals surface area (Å²) in [5.41, 5.74) is 1.55. The van der Waals surface area contributed by atoms with Crippen molar-refractivity contribution in [3.8, 4) is 11.5 Å². The lowest BCUT2D eigenvalue weighted by Crippen LogP contribution is -2.47. The highest BCUT2D eigenvalue weighted by atomic mass is 35.5. The molecule has 33 heavy (non-hydrogen) atoms. The minimum Gasteiger partial charge on any atom is -0.492 e. The van der Waals surface area contributed by atoms with E-state index >= 15 is 0 Å². The average molecular weight is 473 g/mol. The van der Waals surface area contributed by atoms with Gasteiger partial charge in [-0.05, 0) is 81.1 Å². The fraction of sp³-hybridized carbons (Fsp3) is 0.556. The molecule has 0 saturated carbocycles. The molecule has 2 aliphatic rings. The molecule has 5 nitrogen and oxygen atoms in total. The zero-order valence-corrected chi connectivity index (χ0v) is 20.5. The summed E-state index contributed by atoms with van der Waals surface area (Å²) in [6.07, 6.45) is 5.38. The van der Waals surface area contributed by atoms with Crippen molar-refractivity contribution in [2.24, 2.45) is 0 Å². The van der Waals surface area contributed by atoms with Crippen molar-refractivity contribution in [2.75, 3.05) is 45.9 Å². The van der Waals surface area contributed by atoms with E-state index in [0.717, 1.165) is 44.1 Å². The fourth-order valence-electron chi connectivity index (χ4n) is 4.63. The van der Waals surface area contributed by atoms with Crippen molar-refractivity contribution >= 4 is 11.6 Å². The number of hydrogen-bond donors (Lipinski definition) is 1. The number of aliphatic hydroxyl groups is 1. The van der Waals surface area contributed by atoms with Gasteiger partial charge in [-0.3, -0.25) is 9.80 Å². The minimum absolute atomic E-state index is 0.271. The van der Waals surface area contributed by atoms with Crippen molar-refractivity contribution < 1.29 is 14.6 Å². The Bertz CT molecular complexity index is 875. The third-order valence-corrected chi connectivity index (χ3v) is 7.14. The first-order valence-electron chi connectivity index (χ1n) is 12.3. The maximum atomic E-state index is 11.0. The van der Waals surface area contributed by atoms with Gasteiger partial charge in [-0.1, -0.05) is 36.2 Å². The lowest BCUT2D eigenvalue weighted by atomic mass is 9.92. The van der Waals surface area contributed by atoms with Crippen LogP contribution < -0.4 is 9.47 Å². The second kappa shape index (κ2) is 11.6. The van der Waals surface area contributed by atoms with E-state index in [9.17, 15) is 5.11 Å². The molecule has 0 amide bonds. The van der Waals surface area contributed by atoms with Crippen LogP contribution in [-0.4, -0.2) is 66.4 Å². The van der Waals surface area contributed by atoms with Crippen LogP contribution in [0.5, 0.6) is 11.5 Å². The first-order chi connectivity index (χ1) is 16.0. The van der Waals surface area contributed by atoms with Gasteiger partial charge in [0.05, 0.1) is 5.02 Å². The number of nitrogens with zero attached hydrogens (tertiary/aromatic N) is 2. The predicted molar refractivity (Wildman–Crippen MR) is 133 cm³/mol. The molecule has 0 atom stereocenters. The summed E-state index contributed by atoms with van der Waals surface area (Å²) in [4.78, 5) is 4.89. The third kappa shape index (κ3) is 7.35. The number of benzene rings is 2. The van der Waals surface area contributed by atoms with Crippen molar-refractivity contribution in [1.82, 2.24) is 9.80 Å². The molecular formula is C27H37ClN2O3. The molecule has 2 aliphatic heterocycles. The summed E-state index contributed by atoms with van der Waals surface area (Å²) in [6.45, 7) is 9.02. The topological polar surface area (TPSA) is 45.2 Å². The summed E-state index contributed by atoms with van der Waals surface area (Å²) in [6, 6.07) is 14.2. The molecule has 2 heterocycles. The van der Waals surface area contributed by atoms with E-state index in [2.05, 4.69) is 34.1 Å². The highest BCUT2D eigenvalue weighted by molar-refractivity contribution is 6.32. The van der Waals surface area contributed by atoms with Crippen LogP contribution in [-0.2, 0) is 6.54 Å². The number of ether oxygens (including phenoxy) is 2. The van der Waals surface area contributed by atoms with Gasteiger partial charge in [0.15, 0.2) is 0 Å². The van der Waals surface area contributed by atoms with E-state index in [1.54, 1.807) is 0 Å². The molecule has 0 aliphatic carbocycles. The van der Waals surface area contributed by atoms with E-state index in [1.165, 1.54) is 37.9 Å². The van der Waals surface area contributed by atoms with Crippen molar-refractivity contribution in [3.05, 3.63) is 58.6 Å². The van der Waals surface area contributed by atoms with E-state index in [0.29, 0.717) is 23.6 Å². The zero-order valence-electron chi connectivity index (χ0n) is 19.8. The summed E-state index contributed by atoms with van der Waals surface area (Å²) in [5, 5.41) is 11.6. The second-order valence-corrected chi connectivity index (χ2v) is 10.0. The third-order valence-electron chi connectivity index (χ3n) is 6.82. The quantitative estimate of drug-likeness (QED) is 0.561. The zero-order chi connectivity index (χ0) is 23.1. The number of piperidine rings is 2. The molecule has 2 aromatic carbocycles. The molecule has 180 valence electrons. The predicted octanol–water partition coefficient (Wildman–Crippen LogP) is 4.92. The van der Waals surface area contributed by atoms with Crippen LogP contribution in [0.2, 0.25) is 5.02 Å². The van der Waals surface area contributed by atoms with E-state index in [4.69, 9.17) is 21.1 Å². The lowest BCUT2D eigenvalue weighted by Gasteiger charge is -2.38. The van der Waals surface area contributed by atoms with Crippen molar-refractivity contribution in [2.45, 2.75) is 51.2 Å². The second-order valence-electron chi connectivity index (χ2n) is 9.62. The van der Waals surface area contributed by atoms with Gasteiger partial charge >= 0.3 is 0 Å². The molecule has 2 aromatic rings. The van der Waals surface area contributed by atoms with E-state index in [-0.39, 0.29) is 6.61 Å². The van der Waals surface area contributed by atoms with Gasteiger partial charge in [-0.2, -0.15) is 0 Å².